The molecule has 3 rings (SSSR count). The predicted molar refractivity (Wildman–Crippen MR) is 75.1 cm³/mol. The zero-order chi connectivity index (χ0) is 14.1. The smallest absolute Gasteiger partial charge is 0.358 e. The quantitative estimate of drug-likeness (QED) is 0.783. The van der Waals surface area contributed by atoms with Gasteiger partial charge in [0.15, 0.2) is 11.5 Å². The molecule has 1 unspecified atom stereocenters. The lowest BCUT2D eigenvalue weighted by molar-refractivity contribution is 0.0593. The van der Waals surface area contributed by atoms with E-state index in [2.05, 4.69) is 33.9 Å². The number of para-hydroxylation sites is 1. The molecule has 0 spiro atoms. The van der Waals surface area contributed by atoms with Crippen LogP contribution in [0.4, 0.5) is 11.5 Å². The van der Waals surface area contributed by atoms with Crippen LogP contribution in [0.1, 0.15) is 23.0 Å². The van der Waals surface area contributed by atoms with E-state index in [1.165, 1.54) is 18.9 Å². The maximum Gasteiger partial charge on any atom is 0.358 e. The molecule has 20 heavy (non-hydrogen) atoms. The van der Waals surface area contributed by atoms with Crippen LogP contribution >= 0.6 is 0 Å². The molecule has 5 heteroatoms. The number of carbonyl (C=O) groups is 1. The van der Waals surface area contributed by atoms with Crippen molar-refractivity contribution in [1.29, 1.82) is 0 Å². The molecular formula is C15H15N3O2. The van der Waals surface area contributed by atoms with Crippen LogP contribution in [0, 0.1) is 0 Å². The van der Waals surface area contributed by atoms with Crippen molar-refractivity contribution in [3.05, 3.63) is 47.9 Å². The molecule has 0 bridgehead atoms. The van der Waals surface area contributed by atoms with Crippen LogP contribution in [0.15, 0.2) is 36.7 Å². The molecule has 0 aliphatic carbocycles. The maximum atomic E-state index is 11.6. The Kier molecular flexibility index (Phi) is 3.10. The lowest BCUT2D eigenvalue weighted by Gasteiger charge is -2.23. The van der Waals surface area contributed by atoms with Gasteiger partial charge in [-0.25, -0.2) is 9.78 Å². The van der Waals surface area contributed by atoms with Gasteiger partial charge in [-0.05, 0) is 25.0 Å². The largest absolute Gasteiger partial charge is 0.464 e. The van der Waals surface area contributed by atoms with Crippen molar-refractivity contribution in [2.45, 2.75) is 19.4 Å². The number of esters is 1. The van der Waals surface area contributed by atoms with Crippen molar-refractivity contribution in [2.75, 3.05) is 12.0 Å². The monoisotopic (exact) mass is 269 g/mol. The molecule has 1 aliphatic heterocycles. The minimum absolute atomic E-state index is 0.224. The molecule has 0 saturated heterocycles. The molecule has 1 aliphatic rings. The van der Waals surface area contributed by atoms with Gasteiger partial charge in [0, 0.05) is 11.7 Å². The number of aromatic nitrogens is 2. The molecule has 102 valence electrons. The van der Waals surface area contributed by atoms with Gasteiger partial charge in [0.05, 0.1) is 19.5 Å². The van der Waals surface area contributed by atoms with E-state index in [0.717, 1.165) is 12.1 Å². The Bertz CT molecular complexity index is 657. The molecule has 2 aromatic rings. The molecular weight excluding hydrogens is 254 g/mol. The number of benzene rings is 1. The summed E-state index contributed by atoms with van der Waals surface area (Å²) in [7, 11) is 1.34. The average molecular weight is 269 g/mol. The summed E-state index contributed by atoms with van der Waals surface area (Å²) in [4.78, 5) is 22.1. The number of carbonyl (C=O) groups excluding carboxylic acids is 1. The molecule has 0 saturated carbocycles. The lowest BCUT2D eigenvalue weighted by atomic mass is 10.1. The highest BCUT2D eigenvalue weighted by Crippen LogP contribution is 2.36. The van der Waals surface area contributed by atoms with Gasteiger partial charge in [-0.3, -0.25) is 4.98 Å². The van der Waals surface area contributed by atoms with Gasteiger partial charge >= 0.3 is 5.97 Å². The van der Waals surface area contributed by atoms with Gasteiger partial charge in [-0.2, -0.15) is 0 Å². The van der Waals surface area contributed by atoms with Crippen molar-refractivity contribution in [3.8, 4) is 0 Å². The highest BCUT2D eigenvalue weighted by atomic mass is 16.5. The number of hydrogen-bond donors (Lipinski definition) is 0. The summed E-state index contributed by atoms with van der Waals surface area (Å²) < 4.78 is 4.69. The summed E-state index contributed by atoms with van der Waals surface area (Å²) in [5, 5.41) is 0. The van der Waals surface area contributed by atoms with E-state index >= 15 is 0 Å². The third-order valence-corrected chi connectivity index (χ3v) is 3.47. The fraction of sp³-hybridized carbons (Fsp3) is 0.267. The van der Waals surface area contributed by atoms with Gasteiger partial charge in [0.2, 0.25) is 0 Å². The second-order valence-electron chi connectivity index (χ2n) is 4.81. The molecule has 0 fully saturated rings. The summed E-state index contributed by atoms with van der Waals surface area (Å²) in [6.45, 7) is 2.13. The first-order valence-electron chi connectivity index (χ1n) is 6.48. The van der Waals surface area contributed by atoms with E-state index in [-0.39, 0.29) is 11.7 Å². The number of nitrogens with zero attached hydrogens (tertiary/aromatic N) is 3. The molecule has 1 atom stereocenters. The van der Waals surface area contributed by atoms with Crippen LogP contribution in [0.3, 0.4) is 0 Å². The first-order chi connectivity index (χ1) is 9.70. The molecule has 2 heterocycles. The normalized spacial score (nSPS) is 16.9. The fourth-order valence-corrected chi connectivity index (χ4v) is 2.59. The summed E-state index contributed by atoms with van der Waals surface area (Å²) in [5.74, 6) is 0.199. The highest BCUT2D eigenvalue weighted by Gasteiger charge is 2.28. The van der Waals surface area contributed by atoms with Crippen molar-refractivity contribution in [2.24, 2.45) is 0 Å². The van der Waals surface area contributed by atoms with Crippen molar-refractivity contribution < 1.29 is 9.53 Å². The first kappa shape index (κ1) is 12.6. The standard InChI is InChI=1S/C15H15N3O2/c1-10-7-11-5-3-4-6-13(11)18(10)14-9-16-8-12(17-14)15(19)20-2/h3-6,8-10H,7H2,1-2H3. The average Bonchev–Trinajstić information content (AvgIpc) is 2.82. The number of ether oxygens (including phenoxy) is 1. The Morgan fingerprint density at radius 3 is 2.95 bits per heavy atom. The van der Waals surface area contributed by atoms with E-state index in [4.69, 9.17) is 4.74 Å². The Morgan fingerprint density at radius 2 is 2.15 bits per heavy atom. The molecule has 1 aromatic carbocycles. The number of methoxy groups -OCH3 is 1. The summed E-state index contributed by atoms with van der Waals surface area (Å²) >= 11 is 0. The third kappa shape index (κ3) is 2.01. The first-order valence-corrected chi connectivity index (χ1v) is 6.48. The maximum absolute atomic E-state index is 11.6. The van der Waals surface area contributed by atoms with E-state index in [1.807, 2.05) is 12.1 Å². The predicted octanol–water partition coefficient (Wildman–Crippen LogP) is 2.35. The third-order valence-electron chi connectivity index (χ3n) is 3.47. The van der Waals surface area contributed by atoms with Gasteiger partial charge in [-0.15, -0.1) is 0 Å². The molecule has 1 aromatic heterocycles. The summed E-state index contributed by atoms with van der Waals surface area (Å²) in [6.07, 6.45) is 4.05. The summed E-state index contributed by atoms with van der Waals surface area (Å²) in [6, 6.07) is 8.50. The van der Waals surface area contributed by atoms with E-state index in [9.17, 15) is 4.79 Å². The van der Waals surface area contributed by atoms with Gasteiger partial charge in [0.1, 0.15) is 0 Å². The Morgan fingerprint density at radius 1 is 1.35 bits per heavy atom. The fourth-order valence-electron chi connectivity index (χ4n) is 2.59. The Labute approximate surface area is 117 Å². The van der Waals surface area contributed by atoms with Crippen LogP contribution in [0.5, 0.6) is 0 Å². The number of fused-ring (bicyclic) bond motifs is 1. The van der Waals surface area contributed by atoms with Gasteiger partial charge < -0.3 is 9.64 Å². The Balaban J connectivity index is 2.03. The van der Waals surface area contributed by atoms with Crippen LogP contribution in [-0.2, 0) is 11.2 Å². The molecule has 0 radical (unpaired) electrons. The summed E-state index contributed by atoms with van der Waals surface area (Å²) in [5.41, 5.74) is 2.63. The second kappa shape index (κ2) is 4.92. The van der Waals surface area contributed by atoms with Crippen molar-refractivity contribution in [1.82, 2.24) is 9.97 Å². The zero-order valence-corrected chi connectivity index (χ0v) is 11.4. The van der Waals surface area contributed by atoms with Gasteiger partial charge in [-0.1, -0.05) is 18.2 Å². The van der Waals surface area contributed by atoms with Crippen LogP contribution in [0.2, 0.25) is 0 Å². The molecule has 0 N–H and O–H groups in total. The zero-order valence-electron chi connectivity index (χ0n) is 11.4. The van der Waals surface area contributed by atoms with E-state index in [1.54, 1.807) is 6.20 Å². The van der Waals surface area contributed by atoms with Crippen molar-refractivity contribution >= 4 is 17.5 Å². The molecule has 5 nitrogen and oxygen atoms in total. The number of anilines is 2. The van der Waals surface area contributed by atoms with Crippen molar-refractivity contribution in [3.63, 3.8) is 0 Å². The minimum Gasteiger partial charge on any atom is -0.464 e. The SMILES string of the molecule is COC(=O)c1cncc(N2c3ccccc3CC2C)n1. The number of rotatable bonds is 2. The second-order valence-corrected chi connectivity index (χ2v) is 4.81. The Hall–Kier alpha value is -2.43. The van der Waals surface area contributed by atoms with E-state index in [0.29, 0.717) is 5.82 Å². The number of hydrogen-bond acceptors (Lipinski definition) is 5. The van der Waals surface area contributed by atoms with E-state index < -0.39 is 5.97 Å². The highest BCUT2D eigenvalue weighted by molar-refractivity contribution is 5.87. The van der Waals surface area contributed by atoms with Gasteiger partial charge in [0.25, 0.3) is 0 Å². The van der Waals surface area contributed by atoms with Crippen LogP contribution < -0.4 is 4.90 Å². The van der Waals surface area contributed by atoms with Crippen LogP contribution in [0.25, 0.3) is 0 Å². The molecule has 0 amide bonds. The topological polar surface area (TPSA) is 55.3 Å². The van der Waals surface area contributed by atoms with Crippen LogP contribution in [-0.4, -0.2) is 29.1 Å². The lowest BCUT2D eigenvalue weighted by Crippen LogP contribution is -2.25. The minimum atomic E-state index is -0.473.